The zero-order chi connectivity index (χ0) is 11.9. The predicted octanol–water partition coefficient (Wildman–Crippen LogP) is 3.03. The molecule has 1 N–H and O–H groups in total. The molecule has 0 aliphatic heterocycles. The Hall–Kier alpha value is -1.38. The molecule has 3 aliphatic rings. The molecule has 5 rings (SSSR count). The highest BCUT2D eigenvalue weighted by Gasteiger charge is 2.66. The first-order valence-corrected chi connectivity index (χ1v) is 7.13. The van der Waals surface area contributed by atoms with Crippen molar-refractivity contribution in [3.05, 3.63) is 23.7 Å². The average Bonchev–Trinajstić information content (AvgIpc) is 2.75. The minimum Gasteiger partial charge on any atom is -0.340 e. The number of pyridine rings is 1. The lowest BCUT2D eigenvalue weighted by atomic mass is 10.0. The van der Waals surface area contributed by atoms with Crippen molar-refractivity contribution in [2.24, 2.45) is 23.7 Å². The lowest BCUT2D eigenvalue weighted by molar-refractivity contribution is 0.456. The minimum absolute atomic E-state index is 0.728. The molecule has 4 atom stereocenters. The molecule has 3 heteroatoms. The molecule has 0 saturated heterocycles. The van der Waals surface area contributed by atoms with Gasteiger partial charge in [-0.1, -0.05) is 0 Å². The van der Waals surface area contributed by atoms with Gasteiger partial charge in [-0.15, -0.1) is 0 Å². The molecule has 3 nitrogen and oxygen atoms in total. The lowest BCUT2D eigenvalue weighted by Crippen LogP contribution is -1.98. The minimum atomic E-state index is 0.728. The summed E-state index contributed by atoms with van der Waals surface area (Å²) < 4.78 is 0. The van der Waals surface area contributed by atoms with Gasteiger partial charge in [-0.05, 0) is 61.5 Å². The Morgan fingerprint density at radius 2 is 2.00 bits per heavy atom. The zero-order valence-corrected chi connectivity index (χ0v) is 10.6. The van der Waals surface area contributed by atoms with Crippen LogP contribution in [0.3, 0.4) is 0 Å². The van der Waals surface area contributed by atoms with Gasteiger partial charge in [0.2, 0.25) is 0 Å². The Morgan fingerprint density at radius 3 is 2.78 bits per heavy atom. The fraction of sp³-hybridized carbons (Fsp3) is 0.600. The Balaban J connectivity index is 1.56. The fourth-order valence-electron chi connectivity index (χ4n) is 4.87. The molecule has 3 saturated carbocycles. The highest BCUT2D eigenvalue weighted by atomic mass is 15.0. The Morgan fingerprint density at radius 1 is 1.22 bits per heavy atom. The topological polar surface area (TPSA) is 41.6 Å². The maximum Gasteiger partial charge on any atom is 0.177 e. The quantitative estimate of drug-likeness (QED) is 0.831. The van der Waals surface area contributed by atoms with Crippen LogP contribution in [0.4, 0.5) is 0 Å². The number of aromatic amines is 1. The van der Waals surface area contributed by atoms with E-state index in [1.54, 1.807) is 0 Å². The molecule has 2 aromatic rings. The van der Waals surface area contributed by atoms with Crippen LogP contribution in [0.15, 0.2) is 12.3 Å². The third-order valence-corrected chi connectivity index (χ3v) is 5.54. The van der Waals surface area contributed by atoms with E-state index in [0.29, 0.717) is 0 Å². The molecule has 4 unspecified atom stereocenters. The molecular weight excluding hydrogens is 222 g/mol. The summed E-state index contributed by atoms with van der Waals surface area (Å²) in [4.78, 5) is 12.7. The van der Waals surface area contributed by atoms with E-state index >= 15 is 0 Å². The van der Waals surface area contributed by atoms with E-state index < -0.39 is 0 Å². The number of aryl methyl sites for hydroxylation is 1. The lowest BCUT2D eigenvalue weighted by Gasteiger charge is -2.05. The van der Waals surface area contributed by atoms with E-state index in [1.807, 2.05) is 6.20 Å². The standard InChI is InChI=1S/C15H17N3/c1-7-4-10-14(16-6-7)18-15(17-10)13-11-8-2-3-9(5-8)12(11)13/h4,6,8-9,11-13H,2-3,5H2,1H3,(H,16,17,18). The molecule has 92 valence electrons. The number of rotatable bonds is 1. The van der Waals surface area contributed by atoms with Crippen LogP contribution >= 0.6 is 0 Å². The van der Waals surface area contributed by atoms with Crippen LogP contribution < -0.4 is 0 Å². The largest absolute Gasteiger partial charge is 0.340 e. The summed E-state index contributed by atoms with van der Waals surface area (Å²) in [5.41, 5.74) is 3.21. The second-order valence-electron chi connectivity index (χ2n) is 6.52. The van der Waals surface area contributed by atoms with Gasteiger partial charge in [0.1, 0.15) is 5.82 Å². The molecule has 2 bridgehead atoms. The van der Waals surface area contributed by atoms with Crippen molar-refractivity contribution < 1.29 is 0 Å². The highest BCUT2D eigenvalue weighted by Crippen LogP contribution is 2.72. The van der Waals surface area contributed by atoms with Crippen molar-refractivity contribution in [1.29, 1.82) is 0 Å². The number of imidazole rings is 1. The van der Waals surface area contributed by atoms with Gasteiger partial charge < -0.3 is 4.98 Å². The fourth-order valence-corrected chi connectivity index (χ4v) is 4.87. The molecule has 3 fully saturated rings. The second kappa shape index (κ2) is 2.95. The smallest absolute Gasteiger partial charge is 0.177 e. The van der Waals surface area contributed by atoms with Gasteiger partial charge in [0.15, 0.2) is 5.65 Å². The monoisotopic (exact) mass is 239 g/mol. The van der Waals surface area contributed by atoms with Crippen molar-refractivity contribution in [2.45, 2.75) is 32.1 Å². The molecule has 2 aromatic heterocycles. The third-order valence-electron chi connectivity index (χ3n) is 5.54. The second-order valence-corrected chi connectivity index (χ2v) is 6.52. The van der Waals surface area contributed by atoms with Crippen molar-refractivity contribution in [3.8, 4) is 0 Å². The first-order chi connectivity index (χ1) is 8.81. The maximum atomic E-state index is 4.73. The van der Waals surface area contributed by atoms with Crippen LogP contribution in [0.25, 0.3) is 11.2 Å². The van der Waals surface area contributed by atoms with Crippen LogP contribution in [0.1, 0.15) is 36.6 Å². The van der Waals surface area contributed by atoms with Crippen LogP contribution in [0.2, 0.25) is 0 Å². The van der Waals surface area contributed by atoms with Crippen molar-refractivity contribution >= 4 is 11.2 Å². The molecule has 0 amide bonds. The van der Waals surface area contributed by atoms with Gasteiger partial charge in [-0.25, -0.2) is 9.97 Å². The third kappa shape index (κ3) is 1.06. The molecule has 0 aromatic carbocycles. The Kier molecular flexibility index (Phi) is 1.57. The number of hydrogen-bond acceptors (Lipinski definition) is 2. The molecule has 0 radical (unpaired) electrons. The summed E-state index contributed by atoms with van der Waals surface area (Å²) >= 11 is 0. The van der Waals surface area contributed by atoms with E-state index in [1.165, 1.54) is 30.7 Å². The normalized spacial score (nSPS) is 40.4. The molecule has 0 spiro atoms. The number of fused-ring (bicyclic) bond motifs is 6. The van der Waals surface area contributed by atoms with Gasteiger partial charge in [-0.3, -0.25) is 0 Å². The van der Waals surface area contributed by atoms with Gasteiger partial charge in [0.05, 0.1) is 5.52 Å². The van der Waals surface area contributed by atoms with Gasteiger partial charge >= 0.3 is 0 Å². The van der Waals surface area contributed by atoms with Crippen LogP contribution in [-0.4, -0.2) is 15.0 Å². The van der Waals surface area contributed by atoms with Crippen LogP contribution in [0.5, 0.6) is 0 Å². The average molecular weight is 239 g/mol. The predicted molar refractivity (Wildman–Crippen MR) is 69.2 cm³/mol. The van der Waals surface area contributed by atoms with E-state index in [2.05, 4.69) is 23.0 Å². The van der Waals surface area contributed by atoms with E-state index in [9.17, 15) is 0 Å². The number of hydrogen-bond donors (Lipinski definition) is 1. The van der Waals surface area contributed by atoms with Crippen molar-refractivity contribution in [2.75, 3.05) is 0 Å². The number of nitrogens with one attached hydrogen (secondary N) is 1. The molecule has 18 heavy (non-hydrogen) atoms. The van der Waals surface area contributed by atoms with Crippen LogP contribution in [0, 0.1) is 30.6 Å². The van der Waals surface area contributed by atoms with Gasteiger partial charge in [0.25, 0.3) is 0 Å². The van der Waals surface area contributed by atoms with E-state index in [-0.39, 0.29) is 0 Å². The summed E-state index contributed by atoms with van der Waals surface area (Å²) in [6, 6.07) is 2.16. The first kappa shape index (κ1) is 9.54. The summed E-state index contributed by atoms with van der Waals surface area (Å²) in [5.74, 6) is 5.86. The van der Waals surface area contributed by atoms with E-state index in [4.69, 9.17) is 4.98 Å². The van der Waals surface area contributed by atoms with E-state index in [0.717, 1.165) is 40.8 Å². The molecule has 2 heterocycles. The number of nitrogens with zero attached hydrogens (tertiary/aromatic N) is 2. The van der Waals surface area contributed by atoms with Gasteiger partial charge in [-0.2, -0.15) is 0 Å². The maximum absolute atomic E-state index is 4.73. The van der Waals surface area contributed by atoms with Crippen molar-refractivity contribution in [1.82, 2.24) is 15.0 Å². The summed E-state index contributed by atoms with van der Waals surface area (Å²) in [6.45, 7) is 2.08. The Labute approximate surface area is 106 Å². The molecule has 3 aliphatic carbocycles. The number of H-pyrrole nitrogens is 1. The molecular formula is C15H17N3. The van der Waals surface area contributed by atoms with Crippen LogP contribution in [-0.2, 0) is 0 Å². The SMILES string of the molecule is Cc1cnc2nc(C3C4C5CCC(C5)C34)[nH]c2c1. The first-order valence-electron chi connectivity index (χ1n) is 7.13. The summed E-state index contributed by atoms with van der Waals surface area (Å²) in [6.07, 6.45) is 6.35. The van der Waals surface area contributed by atoms with Crippen molar-refractivity contribution in [3.63, 3.8) is 0 Å². The van der Waals surface area contributed by atoms with Gasteiger partial charge in [0, 0.05) is 12.1 Å². The summed E-state index contributed by atoms with van der Waals surface area (Å²) in [5, 5.41) is 0. The zero-order valence-electron chi connectivity index (χ0n) is 10.6. The Bertz CT molecular complexity index is 628. The summed E-state index contributed by atoms with van der Waals surface area (Å²) in [7, 11) is 0. The number of aromatic nitrogens is 3. The highest BCUT2D eigenvalue weighted by molar-refractivity contribution is 5.71.